The van der Waals surface area contributed by atoms with Crippen LogP contribution in [0.5, 0.6) is 0 Å². The van der Waals surface area contributed by atoms with Gasteiger partial charge in [-0.15, -0.1) is 3.89 Å². The van der Waals surface area contributed by atoms with Gasteiger partial charge in [0.25, 0.3) is 0 Å². The fourth-order valence-electron chi connectivity index (χ4n) is 1.18. The van der Waals surface area contributed by atoms with E-state index in [9.17, 15) is 16.9 Å². The van der Waals surface area contributed by atoms with Gasteiger partial charge in [-0.3, -0.25) is 4.57 Å². The van der Waals surface area contributed by atoms with E-state index in [1.807, 2.05) is 0 Å². The van der Waals surface area contributed by atoms with E-state index in [0.29, 0.717) is 5.56 Å². The van der Waals surface area contributed by atoms with Crippen LogP contribution in [0.2, 0.25) is 0 Å². The van der Waals surface area contributed by atoms with Gasteiger partial charge in [0.2, 0.25) is 0 Å². The molecule has 0 spiro atoms. The maximum absolute atomic E-state index is 12.6. The minimum absolute atomic E-state index is 0.00733. The van der Waals surface area contributed by atoms with E-state index in [4.69, 9.17) is 9.05 Å². The second-order valence-corrected chi connectivity index (χ2v) is 6.83. The van der Waals surface area contributed by atoms with E-state index in [0.717, 1.165) is 12.1 Å². The van der Waals surface area contributed by atoms with Crippen LogP contribution in [0.1, 0.15) is 5.56 Å². The van der Waals surface area contributed by atoms with Crippen molar-refractivity contribution in [3.63, 3.8) is 0 Å². The summed E-state index contributed by atoms with van der Waals surface area (Å²) >= 11 is 0. The minimum Gasteiger partial charge on any atom is -0.312 e. The lowest BCUT2D eigenvalue weighted by Crippen LogP contribution is -1.95. The van der Waals surface area contributed by atoms with Gasteiger partial charge in [0.1, 0.15) is 0 Å². The van der Waals surface area contributed by atoms with Gasteiger partial charge in [0.05, 0.1) is 11.1 Å². The highest BCUT2D eigenvalue weighted by atomic mass is 32.3. The molecule has 0 saturated heterocycles. The molecular formula is C9H12FO5PS. The Morgan fingerprint density at radius 3 is 2.00 bits per heavy atom. The van der Waals surface area contributed by atoms with Gasteiger partial charge >= 0.3 is 17.8 Å². The topological polar surface area (TPSA) is 69.7 Å². The lowest BCUT2D eigenvalue weighted by Gasteiger charge is -2.13. The molecular weight excluding hydrogens is 270 g/mol. The lowest BCUT2D eigenvalue weighted by atomic mass is 10.2. The highest BCUT2D eigenvalue weighted by molar-refractivity contribution is 7.86. The Hall–Kier alpha value is -0.750. The van der Waals surface area contributed by atoms with Gasteiger partial charge in [0, 0.05) is 14.2 Å². The van der Waals surface area contributed by atoms with Crippen LogP contribution in [-0.2, 0) is 30.0 Å². The number of halogens is 1. The van der Waals surface area contributed by atoms with Crippen molar-refractivity contribution < 1.29 is 25.9 Å². The van der Waals surface area contributed by atoms with E-state index < -0.39 is 22.7 Å². The van der Waals surface area contributed by atoms with Crippen LogP contribution in [0.15, 0.2) is 29.2 Å². The van der Waals surface area contributed by atoms with Crippen LogP contribution in [0.25, 0.3) is 0 Å². The Morgan fingerprint density at radius 2 is 1.65 bits per heavy atom. The Bertz CT molecular complexity index is 517. The van der Waals surface area contributed by atoms with E-state index in [-0.39, 0.29) is 6.16 Å². The minimum atomic E-state index is -4.71. The monoisotopic (exact) mass is 282 g/mol. The number of hydrogen-bond acceptors (Lipinski definition) is 5. The first-order valence-electron chi connectivity index (χ1n) is 4.55. The summed E-state index contributed by atoms with van der Waals surface area (Å²) in [6.45, 7) is 0. The molecule has 96 valence electrons. The highest BCUT2D eigenvalue weighted by Crippen LogP contribution is 2.49. The smallest absolute Gasteiger partial charge is 0.312 e. The zero-order valence-corrected chi connectivity index (χ0v) is 11.0. The van der Waals surface area contributed by atoms with Gasteiger partial charge in [-0.2, -0.15) is 8.42 Å². The predicted molar refractivity (Wildman–Crippen MR) is 60.1 cm³/mol. The van der Waals surface area contributed by atoms with Crippen molar-refractivity contribution >= 4 is 17.8 Å². The molecule has 0 atom stereocenters. The molecule has 8 heteroatoms. The average molecular weight is 282 g/mol. The predicted octanol–water partition coefficient (Wildman–Crippen LogP) is 2.33. The average Bonchev–Trinajstić information content (AvgIpc) is 2.28. The maximum Gasteiger partial charge on any atom is 0.334 e. The molecule has 0 radical (unpaired) electrons. The Morgan fingerprint density at radius 1 is 1.18 bits per heavy atom. The van der Waals surface area contributed by atoms with Crippen LogP contribution >= 0.6 is 7.60 Å². The molecule has 1 rings (SSSR count). The first-order chi connectivity index (χ1) is 7.80. The molecule has 0 aromatic heterocycles. The first-order valence-corrected chi connectivity index (χ1v) is 7.66. The fourth-order valence-corrected chi connectivity index (χ4v) is 2.71. The molecule has 0 bridgehead atoms. The van der Waals surface area contributed by atoms with Crippen molar-refractivity contribution in [2.24, 2.45) is 0 Å². The fraction of sp³-hybridized carbons (Fsp3) is 0.333. The van der Waals surface area contributed by atoms with Crippen LogP contribution in [0, 0.1) is 0 Å². The van der Waals surface area contributed by atoms with Crippen molar-refractivity contribution in [3.05, 3.63) is 29.8 Å². The summed E-state index contributed by atoms with van der Waals surface area (Å²) in [6.07, 6.45) is -0.00733. The zero-order valence-electron chi connectivity index (χ0n) is 9.29. The summed E-state index contributed by atoms with van der Waals surface area (Å²) in [6, 6.07) is 4.91. The number of rotatable bonds is 5. The summed E-state index contributed by atoms with van der Waals surface area (Å²) in [7, 11) is -5.40. The van der Waals surface area contributed by atoms with Crippen molar-refractivity contribution in [1.82, 2.24) is 0 Å². The molecule has 0 saturated carbocycles. The lowest BCUT2D eigenvalue weighted by molar-refractivity contribution is 0.275. The Balaban J connectivity index is 2.93. The molecule has 5 nitrogen and oxygen atoms in total. The van der Waals surface area contributed by atoms with Crippen LogP contribution in [-0.4, -0.2) is 22.6 Å². The van der Waals surface area contributed by atoms with Crippen LogP contribution in [0.3, 0.4) is 0 Å². The van der Waals surface area contributed by atoms with Gasteiger partial charge in [-0.25, -0.2) is 0 Å². The van der Waals surface area contributed by atoms with Crippen molar-refractivity contribution in [2.75, 3.05) is 14.2 Å². The van der Waals surface area contributed by atoms with Gasteiger partial charge in [-0.1, -0.05) is 12.1 Å². The molecule has 0 aliphatic heterocycles. The first kappa shape index (κ1) is 14.3. The molecule has 0 fully saturated rings. The third-order valence-electron chi connectivity index (χ3n) is 2.14. The SMILES string of the molecule is COP(=O)(Cc1ccc(S(=O)(=O)F)cc1)OC. The summed E-state index contributed by atoms with van der Waals surface area (Å²) in [4.78, 5) is -0.439. The van der Waals surface area contributed by atoms with Gasteiger partial charge in [0.15, 0.2) is 0 Å². The molecule has 0 amide bonds. The molecule has 0 aliphatic rings. The summed E-state index contributed by atoms with van der Waals surface area (Å²) < 4.78 is 55.0. The largest absolute Gasteiger partial charge is 0.334 e. The molecule has 0 N–H and O–H groups in total. The third kappa shape index (κ3) is 3.89. The van der Waals surface area contributed by atoms with Crippen LogP contribution in [0.4, 0.5) is 3.89 Å². The molecule has 0 unspecified atom stereocenters. The second kappa shape index (κ2) is 5.27. The number of benzene rings is 1. The van der Waals surface area contributed by atoms with E-state index >= 15 is 0 Å². The molecule has 0 heterocycles. The highest BCUT2D eigenvalue weighted by Gasteiger charge is 2.22. The summed E-state index contributed by atoms with van der Waals surface area (Å²) in [5.41, 5.74) is 0.532. The molecule has 17 heavy (non-hydrogen) atoms. The van der Waals surface area contributed by atoms with Crippen LogP contribution < -0.4 is 0 Å². The maximum atomic E-state index is 12.6. The molecule has 0 aliphatic carbocycles. The second-order valence-electron chi connectivity index (χ2n) is 3.22. The van der Waals surface area contributed by atoms with Crippen molar-refractivity contribution in [2.45, 2.75) is 11.1 Å². The Labute approximate surface area is 99.3 Å². The summed E-state index contributed by atoms with van der Waals surface area (Å²) in [5.74, 6) is 0. The van der Waals surface area contributed by atoms with E-state index in [1.165, 1.54) is 26.4 Å². The van der Waals surface area contributed by atoms with Crippen molar-refractivity contribution in [3.8, 4) is 0 Å². The van der Waals surface area contributed by atoms with Crippen molar-refractivity contribution in [1.29, 1.82) is 0 Å². The van der Waals surface area contributed by atoms with Gasteiger partial charge < -0.3 is 9.05 Å². The molecule has 1 aromatic rings. The molecule has 1 aromatic carbocycles. The quantitative estimate of drug-likeness (QED) is 0.612. The van der Waals surface area contributed by atoms with E-state index in [2.05, 4.69) is 0 Å². The summed E-state index contributed by atoms with van der Waals surface area (Å²) in [5, 5.41) is 0. The zero-order chi connectivity index (χ0) is 13.1. The normalized spacial score (nSPS) is 12.6. The Kier molecular flexibility index (Phi) is 4.43. The van der Waals surface area contributed by atoms with E-state index in [1.54, 1.807) is 0 Å². The standard InChI is InChI=1S/C9H12FO5PS/c1-14-16(11,15-2)7-8-3-5-9(6-4-8)17(10,12)13/h3-6H,7H2,1-2H3. The van der Waals surface area contributed by atoms with Gasteiger partial charge in [-0.05, 0) is 17.7 Å². The number of hydrogen-bond donors (Lipinski definition) is 0. The third-order valence-corrected chi connectivity index (χ3v) is 4.84.